The van der Waals surface area contributed by atoms with Gasteiger partial charge in [0.25, 0.3) is 0 Å². The van der Waals surface area contributed by atoms with Crippen molar-refractivity contribution < 1.29 is 14.7 Å². The lowest BCUT2D eigenvalue weighted by Gasteiger charge is -2.22. The number of rotatable bonds is 6. The Labute approximate surface area is 96.8 Å². The summed E-state index contributed by atoms with van der Waals surface area (Å²) >= 11 is 0. The van der Waals surface area contributed by atoms with E-state index in [4.69, 9.17) is 5.11 Å². The zero-order valence-electron chi connectivity index (χ0n) is 10.5. The number of carbonyl (C=O) groups excluding carboxylic acids is 1. The quantitative estimate of drug-likeness (QED) is 0.704. The summed E-state index contributed by atoms with van der Waals surface area (Å²) in [4.78, 5) is 23.5. The Balaban J connectivity index is 3.98. The molecule has 0 fully saturated rings. The Morgan fingerprint density at radius 2 is 1.88 bits per heavy atom. The number of aliphatic carboxylic acids is 1. The van der Waals surface area contributed by atoms with Crippen molar-refractivity contribution in [3.63, 3.8) is 0 Å². The number of hydrogen-bond acceptors (Lipinski definition) is 3. The SMILES string of the molecule is CCN(CC(=O)O)C(=O)CCNC(C)(C)C. The van der Waals surface area contributed by atoms with Crippen molar-refractivity contribution in [3.8, 4) is 0 Å². The second-order valence-electron chi connectivity index (χ2n) is 4.73. The van der Waals surface area contributed by atoms with Gasteiger partial charge in [-0.05, 0) is 27.7 Å². The maximum atomic E-state index is 11.6. The van der Waals surface area contributed by atoms with Crippen LogP contribution in [0, 0.1) is 0 Å². The maximum Gasteiger partial charge on any atom is 0.323 e. The van der Waals surface area contributed by atoms with Crippen LogP contribution in [0.25, 0.3) is 0 Å². The van der Waals surface area contributed by atoms with Gasteiger partial charge in [-0.25, -0.2) is 0 Å². The van der Waals surface area contributed by atoms with Gasteiger partial charge in [0.15, 0.2) is 0 Å². The van der Waals surface area contributed by atoms with Crippen molar-refractivity contribution in [2.24, 2.45) is 0 Å². The van der Waals surface area contributed by atoms with E-state index in [1.165, 1.54) is 4.90 Å². The van der Waals surface area contributed by atoms with Crippen LogP contribution in [0.3, 0.4) is 0 Å². The lowest BCUT2D eigenvalue weighted by molar-refractivity contribution is -0.144. The zero-order valence-corrected chi connectivity index (χ0v) is 10.5. The molecule has 2 N–H and O–H groups in total. The molecule has 16 heavy (non-hydrogen) atoms. The maximum absolute atomic E-state index is 11.6. The van der Waals surface area contributed by atoms with Crippen molar-refractivity contribution in [1.29, 1.82) is 0 Å². The minimum absolute atomic E-state index is 0.0237. The van der Waals surface area contributed by atoms with Crippen LogP contribution in [0.15, 0.2) is 0 Å². The van der Waals surface area contributed by atoms with Gasteiger partial charge >= 0.3 is 5.97 Å². The first-order valence-corrected chi connectivity index (χ1v) is 5.51. The molecule has 0 spiro atoms. The number of amides is 1. The third kappa shape index (κ3) is 7.23. The van der Waals surface area contributed by atoms with Crippen LogP contribution < -0.4 is 5.32 Å². The molecule has 94 valence electrons. The van der Waals surface area contributed by atoms with E-state index < -0.39 is 5.97 Å². The fourth-order valence-electron chi connectivity index (χ4n) is 1.24. The van der Waals surface area contributed by atoms with Gasteiger partial charge in [-0.1, -0.05) is 0 Å². The molecule has 0 aromatic heterocycles. The van der Waals surface area contributed by atoms with E-state index in [1.54, 1.807) is 6.92 Å². The largest absolute Gasteiger partial charge is 0.480 e. The number of carbonyl (C=O) groups is 2. The number of hydrogen-bond donors (Lipinski definition) is 2. The molecule has 0 bridgehead atoms. The van der Waals surface area contributed by atoms with Crippen LogP contribution in [0.2, 0.25) is 0 Å². The monoisotopic (exact) mass is 230 g/mol. The highest BCUT2D eigenvalue weighted by atomic mass is 16.4. The molecule has 0 aliphatic rings. The molecule has 5 nitrogen and oxygen atoms in total. The van der Waals surface area contributed by atoms with Crippen LogP contribution in [0.5, 0.6) is 0 Å². The topological polar surface area (TPSA) is 69.6 Å². The molecular formula is C11H22N2O3. The minimum Gasteiger partial charge on any atom is -0.480 e. The number of nitrogens with one attached hydrogen (secondary N) is 1. The molecule has 0 unspecified atom stereocenters. The molecule has 0 aliphatic heterocycles. The lowest BCUT2D eigenvalue weighted by atomic mass is 10.1. The Hall–Kier alpha value is -1.10. The van der Waals surface area contributed by atoms with E-state index in [9.17, 15) is 9.59 Å². The summed E-state index contributed by atoms with van der Waals surface area (Å²) in [5, 5.41) is 11.8. The van der Waals surface area contributed by atoms with Crippen molar-refractivity contribution in [2.75, 3.05) is 19.6 Å². The summed E-state index contributed by atoms with van der Waals surface area (Å²) in [6, 6.07) is 0. The van der Waals surface area contributed by atoms with Crippen LogP contribution in [-0.2, 0) is 9.59 Å². The Bertz CT molecular complexity index is 246. The Morgan fingerprint density at radius 3 is 2.25 bits per heavy atom. The molecule has 0 aliphatic carbocycles. The first kappa shape index (κ1) is 14.9. The standard InChI is InChI=1S/C11H22N2O3/c1-5-13(8-10(15)16)9(14)6-7-12-11(2,3)4/h12H,5-8H2,1-4H3,(H,15,16). The van der Waals surface area contributed by atoms with Gasteiger partial charge in [-0.15, -0.1) is 0 Å². The van der Waals surface area contributed by atoms with E-state index >= 15 is 0 Å². The number of carboxylic acid groups (broad SMARTS) is 1. The van der Waals surface area contributed by atoms with Crippen molar-refractivity contribution in [1.82, 2.24) is 10.2 Å². The van der Waals surface area contributed by atoms with Crippen molar-refractivity contribution in [3.05, 3.63) is 0 Å². The molecular weight excluding hydrogens is 208 g/mol. The van der Waals surface area contributed by atoms with E-state index in [0.29, 0.717) is 19.5 Å². The molecule has 1 amide bonds. The van der Waals surface area contributed by atoms with Gasteiger partial charge in [0.2, 0.25) is 5.91 Å². The summed E-state index contributed by atoms with van der Waals surface area (Å²) in [5.74, 6) is -1.10. The molecule has 0 saturated heterocycles. The predicted molar refractivity (Wildman–Crippen MR) is 62.3 cm³/mol. The van der Waals surface area contributed by atoms with E-state index in [1.807, 2.05) is 20.8 Å². The first-order chi connectivity index (χ1) is 7.26. The summed E-state index contributed by atoms with van der Waals surface area (Å²) in [6.45, 7) is 8.62. The average Bonchev–Trinajstić information content (AvgIpc) is 2.11. The van der Waals surface area contributed by atoms with Crippen molar-refractivity contribution >= 4 is 11.9 Å². The van der Waals surface area contributed by atoms with Gasteiger partial charge in [0.1, 0.15) is 6.54 Å². The second kappa shape index (κ2) is 6.48. The van der Waals surface area contributed by atoms with Gasteiger partial charge in [0.05, 0.1) is 0 Å². The van der Waals surface area contributed by atoms with Crippen LogP contribution in [-0.4, -0.2) is 47.1 Å². The van der Waals surface area contributed by atoms with Gasteiger partial charge in [0, 0.05) is 25.0 Å². The summed E-state index contributed by atoms with van der Waals surface area (Å²) in [5.41, 5.74) is -0.0237. The van der Waals surface area contributed by atoms with Crippen LogP contribution in [0.1, 0.15) is 34.1 Å². The number of likely N-dealkylation sites (N-methyl/N-ethyl adjacent to an activating group) is 1. The molecule has 0 atom stereocenters. The highest BCUT2D eigenvalue weighted by Gasteiger charge is 2.15. The summed E-state index contributed by atoms with van der Waals surface area (Å²) < 4.78 is 0. The first-order valence-electron chi connectivity index (χ1n) is 5.51. The van der Waals surface area contributed by atoms with E-state index in [-0.39, 0.29) is 18.0 Å². The third-order valence-corrected chi connectivity index (χ3v) is 2.05. The highest BCUT2D eigenvalue weighted by molar-refractivity contribution is 5.81. The normalized spacial score (nSPS) is 11.2. The van der Waals surface area contributed by atoms with Crippen molar-refractivity contribution in [2.45, 2.75) is 39.7 Å². The highest BCUT2D eigenvalue weighted by Crippen LogP contribution is 1.99. The predicted octanol–water partition coefficient (Wildman–Crippen LogP) is 0.698. The lowest BCUT2D eigenvalue weighted by Crippen LogP contribution is -2.40. The minimum atomic E-state index is -0.973. The molecule has 5 heteroatoms. The average molecular weight is 230 g/mol. The number of carboxylic acids is 1. The second-order valence-corrected chi connectivity index (χ2v) is 4.73. The van der Waals surface area contributed by atoms with E-state index in [2.05, 4.69) is 5.32 Å². The summed E-state index contributed by atoms with van der Waals surface area (Å²) in [7, 11) is 0. The van der Waals surface area contributed by atoms with Gasteiger partial charge in [-0.2, -0.15) is 0 Å². The molecule has 0 saturated carbocycles. The molecule has 0 rings (SSSR count). The molecule has 0 heterocycles. The zero-order chi connectivity index (χ0) is 12.8. The third-order valence-electron chi connectivity index (χ3n) is 2.05. The number of nitrogens with zero attached hydrogens (tertiary/aromatic N) is 1. The Morgan fingerprint density at radius 1 is 1.31 bits per heavy atom. The summed E-state index contributed by atoms with van der Waals surface area (Å²) in [6.07, 6.45) is 0.332. The molecule has 0 radical (unpaired) electrons. The van der Waals surface area contributed by atoms with Gasteiger partial charge in [-0.3, -0.25) is 9.59 Å². The van der Waals surface area contributed by atoms with E-state index in [0.717, 1.165) is 0 Å². The fourth-order valence-corrected chi connectivity index (χ4v) is 1.24. The van der Waals surface area contributed by atoms with Crippen LogP contribution >= 0.6 is 0 Å². The van der Waals surface area contributed by atoms with Crippen LogP contribution in [0.4, 0.5) is 0 Å². The Kier molecular flexibility index (Phi) is 6.03. The smallest absolute Gasteiger partial charge is 0.323 e. The molecule has 0 aromatic rings. The fraction of sp³-hybridized carbons (Fsp3) is 0.818. The molecule has 0 aromatic carbocycles. The van der Waals surface area contributed by atoms with Gasteiger partial charge < -0.3 is 15.3 Å².